The van der Waals surface area contributed by atoms with Crippen molar-refractivity contribution in [3.63, 3.8) is 0 Å². The van der Waals surface area contributed by atoms with Gasteiger partial charge in [0.2, 0.25) is 0 Å². The van der Waals surface area contributed by atoms with Gasteiger partial charge in [0.25, 0.3) is 5.91 Å². The van der Waals surface area contributed by atoms with Crippen molar-refractivity contribution in [2.45, 2.75) is 32.1 Å². The number of hydrogen-bond acceptors (Lipinski definition) is 3. The molecule has 1 aliphatic rings. The van der Waals surface area contributed by atoms with Crippen LogP contribution in [0, 0.1) is 0 Å². The zero-order valence-corrected chi connectivity index (χ0v) is 14.8. The number of benzene rings is 2. The molecule has 0 bridgehead atoms. The Hall–Kier alpha value is -2.82. The molecule has 2 aromatic carbocycles. The number of fused-ring (bicyclic) bond motifs is 1. The van der Waals surface area contributed by atoms with Gasteiger partial charge in [-0.05, 0) is 42.5 Å². The van der Waals surface area contributed by atoms with E-state index in [1.807, 2.05) is 4.90 Å². The monoisotopic (exact) mass is 350 g/mol. The summed E-state index contributed by atoms with van der Waals surface area (Å²) in [5.74, 6) is -0.267. The van der Waals surface area contributed by atoms with Gasteiger partial charge in [-0.1, -0.05) is 37.3 Å². The van der Waals surface area contributed by atoms with Crippen LogP contribution in [0.15, 0.2) is 51.7 Å². The molecule has 1 fully saturated rings. The van der Waals surface area contributed by atoms with Crippen molar-refractivity contribution in [3.8, 4) is 0 Å². The van der Waals surface area contributed by atoms with Gasteiger partial charge in [0.15, 0.2) is 5.58 Å². The van der Waals surface area contributed by atoms with Crippen molar-refractivity contribution in [1.29, 1.82) is 0 Å². The van der Waals surface area contributed by atoms with Crippen molar-refractivity contribution >= 4 is 17.0 Å². The van der Waals surface area contributed by atoms with E-state index >= 15 is 0 Å². The van der Waals surface area contributed by atoms with E-state index in [4.69, 9.17) is 4.42 Å². The predicted molar refractivity (Wildman–Crippen MR) is 101 cm³/mol. The summed E-state index contributed by atoms with van der Waals surface area (Å²) in [5, 5.41) is 0. The van der Waals surface area contributed by atoms with Crippen LogP contribution in [0.5, 0.6) is 0 Å². The molecule has 1 atom stereocenters. The number of likely N-dealkylation sites (tertiary alicyclic amines) is 1. The van der Waals surface area contributed by atoms with Crippen molar-refractivity contribution < 1.29 is 9.21 Å². The Balaban J connectivity index is 1.58. The minimum atomic E-state index is -0.534. The van der Waals surface area contributed by atoms with Gasteiger partial charge in [0.05, 0.1) is 11.1 Å². The van der Waals surface area contributed by atoms with Gasteiger partial charge in [-0.15, -0.1) is 0 Å². The van der Waals surface area contributed by atoms with Gasteiger partial charge < -0.3 is 9.32 Å². The lowest BCUT2D eigenvalue weighted by atomic mass is 9.89. The molecular weight excluding hydrogens is 328 g/mol. The van der Waals surface area contributed by atoms with Crippen LogP contribution < -0.4 is 5.76 Å². The zero-order valence-electron chi connectivity index (χ0n) is 14.8. The summed E-state index contributed by atoms with van der Waals surface area (Å²) in [6.07, 6.45) is 3.08. The third-order valence-electron chi connectivity index (χ3n) is 5.24. The topological polar surface area (TPSA) is 66.3 Å². The Morgan fingerprint density at radius 2 is 2.04 bits per heavy atom. The summed E-state index contributed by atoms with van der Waals surface area (Å²) in [7, 11) is 0. The number of rotatable bonds is 3. The van der Waals surface area contributed by atoms with Crippen LogP contribution in [0.3, 0.4) is 0 Å². The first-order valence-electron chi connectivity index (χ1n) is 9.15. The molecule has 134 valence electrons. The number of carbonyl (C=O) groups is 1. The molecule has 1 aromatic heterocycles. The van der Waals surface area contributed by atoms with Crippen LogP contribution in [-0.2, 0) is 6.42 Å². The summed E-state index contributed by atoms with van der Waals surface area (Å²) in [5.41, 5.74) is 3.96. The first-order valence-corrected chi connectivity index (χ1v) is 9.15. The minimum absolute atomic E-state index is 0.0757. The number of H-pyrrole nitrogens is 1. The Kier molecular flexibility index (Phi) is 4.37. The number of aromatic amines is 1. The van der Waals surface area contributed by atoms with E-state index in [1.165, 1.54) is 11.1 Å². The molecule has 1 aliphatic heterocycles. The molecular formula is C21H22N2O3. The fourth-order valence-corrected chi connectivity index (χ4v) is 3.77. The molecule has 0 spiro atoms. The smallest absolute Gasteiger partial charge is 0.407 e. The lowest BCUT2D eigenvalue weighted by molar-refractivity contribution is 0.0708. The maximum atomic E-state index is 13.1. The Morgan fingerprint density at radius 1 is 1.23 bits per heavy atom. The number of oxazole rings is 1. The summed E-state index contributed by atoms with van der Waals surface area (Å²) < 4.78 is 5.19. The van der Waals surface area contributed by atoms with Crippen molar-refractivity contribution in [3.05, 3.63) is 69.7 Å². The Bertz CT molecular complexity index is 984. The highest BCUT2D eigenvalue weighted by atomic mass is 16.4. The highest BCUT2D eigenvalue weighted by molar-refractivity contribution is 6.04. The highest BCUT2D eigenvalue weighted by Crippen LogP contribution is 2.29. The van der Waals surface area contributed by atoms with E-state index in [1.54, 1.807) is 18.2 Å². The number of piperidine rings is 1. The second kappa shape index (κ2) is 6.83. The first kappa shape index (κ1) is 16.6. The second-order valence-electron chi connectivity index (χ2n) is 6.88. The number of amides is 1. The van der Waals surface area contributed by atoms with Gasteiger partial charge in [0.1, 0.15) is 0 Å². The molecule has 1 amide bonds. The number of carbonyl (C=O) groups excluding carboxylic acids is 1. The number of nitrogens with zero attached hydrogens (tertiary/aromatic N) is 1. The van der Waals surface area contributed by atoms with E-state index < -0.39 is 5.76 Å². The molecule has 1 unspecified atom stereocenters. The normalized spacial score (nSPS) is 17.6. The van der Waals surface area contributed by atoms with Crippen LogP contribution in [0.2, 0.25) is 0 Å². The molecule has 0 aliphatic carbocycles. The fraction of sp³-hybridized carbons (Fsp3) is 0.333. The van der Waals surface area contributed by atoms with E-state index in [0.717, 1.165) is 25.8 Å². The van der Waals surface area contributed by atoms with E-state index in [0.29, 0.717) is 29.1 Å². The molecule has 5 nitrogen and oxygen atoms in total. The average Bonchev–Trinajstić information content (AvgIpc) is 3.08. The fourth-order valence-electron chi connectivity index (χ4n) is 3.77. The van der Waals surface area contributed by atoms with Crippen LogP contribution in [0.25, 0.3) is 11.1 Å². The summed E-state index contributed by atoms with van der Waals surface area (Å²) in [6, 6.07) is 13.9. The molecule has 0 radical (unpaired) electrons. The van der Waals surface area contributed by atoms with Gasteiger partial charge in [-0.2, -0.15) is 0 Å². The van der Waals surface area contributed by atoms with Crippen LogP contribution >= 0.6 is 0 Å². The molecule has 1 saturated heterocycles. The van der Waals surface area contributed by atoms with E-state index in [9.17, 15) is 9.59 Å². The predicted octanol–water partition coefficient (Wildman–Crippen LogP) is 3.70. The van der Waals surface area contributed by atoms with Gasteiger partial charge in [-0.3, -0.25) is 9.78 Å². The third kappa shape index (κ3) is 3.05. The van der Waals surface area contributed by atoms with E-state index in [-0.39, 0.29) is 5.91 Å². The summed E-state index contributed by atoms with van der Waals surface area (Å²) >= 11 is 0. The third-order valence-corrected chi connectivity index (χ3v) is 5.24. The molecule has 5 heteroatoms. The molecule has 2 heterocycles. The summed E-state index contributed by atoms with van der Waals surface area (Å²) in [4.78, 5) is 29.0. The molecule has 3 aromatic rings. The van der Waals surface area contributed by atoms with Gasteiger partial charge in [-0.25, -0.2) is 4.79 Å². The van der Waals surface area contributed by atoms with Crippen LogP contribution in [0.4, 0.5) is 0 Å². The lowest BCUT2D eigenvalue weighted by Gasteiger charge is -2.33. The first-order chi connectivity index (χ1) is 12.7. The van der Waals surface area contributed by atoms with Gasteiger partial charge >= 0.3 is 5.76 Å². The molecule has 26 heavy (non-hydrogen) atoms. The zero-order chi connectivity index (χ0) is 18.1. The maximum Gasteiger partial charge on any atom is 0.417 e. The lowest BCUT2D eigenvalue weighted by Crippen LogP contribution is -2.39. The Morgan fingerprint density at radius 3 is 2.81 bits per heavy atom. The van der Waals surface area contributed by atoms with E-state index in [2.05, 4.69) is 36.2 Å². The standard InChI is InChI=1S/C21H22N2O3/c1-2-14-8-10-15(11-9-14)16-5-4-12-23(13-16)20(24)17-6-3-7-18-19(17)26-21(25)22-18/h3,6-11,16H,2,4-5,12-13H2,1H3,(H,22,25). The second-order valence-corrected chi connectivity index (χ2v) is 6.88. The SMILES string of the molecule is CCc1ccc(C2CCCN(C(=O)c3cccc4[nH]c(=O)oc34)C2)cc1. The number of aromatic nitrogens is 1. The molecule has 0 saturated carbocycles. The highest BCUT2D eigenvalue weighted by Gasteiger charge is 2.27. The number of aryl methyl sites for hydroxylation is 1. The Labute approximate surface area is 151 Å². The summed E-state index contributed by atoms with van der Waals surface area (Å²) in [6.45, 7) is 3.57. The van der Waals surface area contributed by atoms with Gasteiger partial charge in [0, 0.05) is 19.0 Å². The van der Waals surface area contributed by atoms with Crippen LogP contribution in [-0.4, -0.2) is 28.9 Å². The molecule has 4 rings (SSSR count). The van der Waals surface area contributed by atoms with Crippen molar-refractivity contribution in [1.82, 2.24) is 9.88 Å². The average molecular weight is 350 g/mol. The molecule has 1 N–H and O–H groups in total. The minimum Gasteiger partial charge on any atom is -0.407 e. The van der Waals surface area contributed by atoms with Crippen molar-refractivity contribution in [2.24, 2.45) is 0 Å². The quantitative estimate of drug-likeness (QED) is 0.783. The van der Waals surface area contributed by atoms with Crippen molar-refractivity contribution in [2.75, 3.05) is 13.1 Å². The largest absolute Gasteiger partial charge is 0.417 e. The number of nitrogens with one attached hydrogen (secondary N) is 1. The number of para-hydroxylation sites is 1. The number of hydrogen-bond donors (Lipinski definition) is 1. The maximum absolute atomic E-state index is 13.1. The van der Waals surface area contributed by atoms with Crippen LogP contribution in [0.1, 0.15) is 47.2 Å².